The first kappa shape index (κ1) is 14.1. The number of hydrogen-bond acceptors (Lipinski definition) is 2. The average Bonchev–Trinajstić information content (AvgIpc) is 2.94. The van der Waals surface area contributed by atoms with Gasteiger partial charge in [-0.15, -0.1) is 0 Å². The predicted molar refractivity (Wildman–Crippen MR) is 76.1 cm³/mol. The van der Waals surface area contributed by atoms with E-state index in [-0.39, 0.29) is 17.9 Å². The Kier molecular flexibility index (Phi) is 4.59. The van der Waals surface area contributed by atoms with Gasteiger partial charge in [-0.3, -0.25) is 4.79 Å². The normalized spacial score (nSPS) is 17.4. The molecule has 0 atom stereocenters. The van der Waals surface area contributed by atoms with Crippen LogP contribution in [0.25, 0.3) is 0 Å². The summed E-state index contributed by atoms with van der Waals surface area (Å²) in [7, 11) is 0. The van der Waals surface area contributed by atoms with E-state index in [1.165, 1.54) is 0 Å². The van der Waals surface area contributed by atoms with Crippen molar-refractivity contribution in [1.29, 1.82) is 0 Å². The number of aryl methyl sites for hydroxylation is 1. The molecule has 1 aromatic rings. The number of aliphatic hydroxyl groups excluding tert-OH is 1. The molecule has 2 N–H and O–H groups in total. The van der Waals surface area contributed by atoms with Crippen LogP contribution in [0.5, 0.6) is 0 Å². The Balaban J connectivity index is 2.01. The largest absolute Gasteiger partial charge is 0.396 e. The molecule has 0 unspecified atom stereocenters. The average molecular weight is 261 g/mol. The molecule has 0 radical (unpaired) electrons. The van der Waals surface area contributed by atoms with Gasteiger partial charge >= 0.3 is 0 Å². The second-order valence-electron chi connectivity index (χ2n) is 5.56. The summed E-state index contributed by atoms with van der Waals surface area (Å²) in [5, 5.41) is 12.6. The van der Waals surface area contributed by atoms with E-state index in [4.69, 9.17) is 0 Å². The molecule has 0 saturated heterocycles. The molecule has 0 aliphatic heterocycles. The Morgan fingerprint density at radius 3 is 2.63 bits per heavy atom. The van der Waals surface area contributed by atoms with Crippen LogP contribution in [0.4, 0.5) is 0 Å². The van der Waals surface area contributed by atoms with Crippen LogP contribution in [0.15, 0.2) is 24.3 Å². The third-order valence-electron chi connectivity index (χ3n) is 4.27. The first-order valence-corrected chi connectivity index (χ1v) is 7.18. The summed E-state index contributed by atoms with van der Waals surface area (Å²) in [6.07, 6.45) is 5.19. The topological polar surface area (TPSA) is 49.3 Å². The van der Waals surface area contributed by atoms with Gasteiger partial charge in [0, 0.05) is 17.5 Å². The smallest absolute Gasteiger partial charge is 0.251 e. The van der Waals surface area contributed by atoms with Crippen molar-refractivity contribution in [2.24, 2.45) is 5.41 Å². The van der Waals surface area contributed by atoms with Crippen molar-refractivity contribution in [3.63, 3.8) is 0 Å². The Morgan fingerprint density at radius 2 is 2.00 bits per heavy atom. The lowest BCUT2D eigenvalue weighted by Gasteiger charge is -2.26. The van der Waals surface area contributed by atoms with E-state index in [0.717, 1.165) is 43.2 Å². The van der Waals surface area contributed by atoms with Gasteiger partial charge in [-0.2, -0.15) is 0 Å². The van der Waals surface area contributed by atoms with Crippen LogP contribution in [0.2, 0.25) is 0 Å². The van der Waals surface area contributed by atoms with E-state index < -0.39 is 0 Å². The summed E-state index contributed by atoms with van der Waals surface area (Å²) in [6, 6.07) is 7.72. The lowest BCUT2D eigenvalue weighted by Crippen LogP contribution is -2.38. The molecule has 104 valence electrons. The van der Waals surface area contributed by atoms with Crippen LogP contribution in [0.1, 0.15) is 48.5 Å². The van der Waals surface area contributed by atoms with Crippen LogP contribution in [-0.4, -0.2) is 24.2 Å². The summed E-state index contributed by atoms with van der Waals surface area (Å²) in [5.74, 6) is -0.0165. The highest BCUT2D eigenvalue weighted by Gasteiger charge is 2.33. The van der Waals surface area contributed by atoms with Gasteiger partial charge < -0.3 is 10.4 Å². The summed E-state index contributed by atoms with van der Waals surface area (Å²) in [6.45, 7) is 2.81. The molecule has 0 aromatic heterocycles. The van der Waals surface area contributed by atoms with E-state index in [0.29, 0.717) is 6.54 Å². The van der Waals surface area contributed by atoms with Gasteiger partial charge in [0.05, 0.1) is 6.61 Å². The van der Waals surface area contributed by atoms with Gasteiger partial charge in [0.2, 0.25) is 0 Å². The number of rotatable bonds is 5. The third-order valence-corrected chi connectivity index (χ3v) is 4.27. The number of aliphatic hydroxyl groups is 1. The van der Waals surface area contributed by atoms with Gasteiger partial charge in [-0.05, 0) is 30.9 Å². The highest BCUT2D eigenvalue weighted by Crippen LogP contribution is 2.36. The van der Waals surface area contributed by atoms with Gasteiger partial charge in [0.1, 0.15) is 0 Å². The number of carbonyl (C=O) groups excluding carboxylic acids is 1. The lowest BCUT2D eigenvalue weighted by atomic mass is 9.87. The number of amides is 1. The van der Waals surface area contributed by atoms with Gasteiger partial charge in [-0.25, -0.2) is 0 Å². The van der Waals surface area contributed by atoms with Crippen LogP contribution >= 0.6 is 0 Å². The molecule has 1 fully saturated rings. The lowest BCUT2D eigenvalue weighted by molar-refractivity contribution is 0.0880. The van der Waals surface area contributed by atoms with Crippen LogP contribution in [-0.2, 0) is 6.42 Å². The van der Waals surface area contributed by atoms with Crippen molar-refractivity contribution >= 4 is 5.91 Å². The molecule has 1 aliphatic rings. The molecule has 0 bridgehead atoms. The van der Waals surface area contributed by atoms with E-state index in [9.17, 15) is 9.90 Å². The molecular formula is C16H23NO2. The number of nitrogens with one attached hydrogen (secondary N) is 1. The maximum absolute atomic E-state index is 12.2. The predicted octanol–water partition coefficient (Wildman–Crippen LogP) is 2.53. The van der Waals surface area contributed by atoms with Crippen molar-refractivity contribution in [2.45, 2.75) is 39.0 Å². The van der Waals surface area contributed by atoms with Gasteiger partial charge in [0.25, 0.3) is 5.91 Å². The van der Waals surface area contributed by atoms with Crippen LogP contribution < -0.4 is 5.32 Å². The van der Waals surface area contributed by atoms with Crippen molar-refractivity contribution in [1.82, 2.24) is 5.32 Å². The fourth-order valence-electron chi connectivity index (χ4n) is 2.93. The molecular weight excluding hydrogens is 238 g/mol. The first-order valence-electron chi connectivity index (χ1n) is 7.18. The fourth-order valence-corrected chi connectivity index (χ4v) is 2.93. The van der Waals surface area contributed by atoms with Crippen molar-refractivity contribution in [2.75, 3.05) is 13.2 Å². The first-order chi connectivity index (χ1) is 9.21. The molecule has 1 aliphatic carbocycles. The zero-order chi connectivity index (χ0) is 13.7. The summed E-state index contributed by atoms with van der Waals surface area (Å²) in [5.41, 5.74) is 1.75. The van der Waals surface area contributed by atoms with E-state index >= 15 is 0 Å². The minimum absolute atomic E-state index is 0.0165. The van der Waals surface area contributed by atoms with E-state index in [2.05, 4.69) is 12.2 Å². The molecule has 0 spiro atoms. The number of hydrogen-bond donors (Lipinski definition) is 2. The SMILES string of the molecule is CCc1ccccc1C(=O)NCC1(CO)CCCC1. The number of benzene rings is 1. The van der Waals surface area contributed by atoms with Crippen molar-refractivity contribution in [3.05, 3.63) is 35.4 Å². The van der Waals surface area contributed by atoms with Crippen molar-refractivity contribution < 1.29 is 9.90 Å². The van der Waals surface area contributed by atoms with Crippen LogP contribution in [0.3, 0.4) is 0 Å². The van der Waals surface area contributed by atoms with E-state index in [1.807, 2.05) is 24.3 Å². The molecule has 0 heterocycles. The molecule has 1 saturated carbocycles. The molecule has 3 heteroatoms. The summed E-state index contributed by atoms with van der Waals surface area (Å²) < 4.78 is 0. The Labute approximate surface area is 115 Å². The maximum atomic E-state index is 12.2. The fraction of sp³-hybridized carbons (Fsp3) is 0.562. The molecule has 1 aromatic carbocycles. The monoisotopic (exact) mass is 261 g/mol. The Morgan fingerprint density at radius 1 is 1.32 bits per heavy atom. The Hall–Kier alpha value is -1.35. The molecule has 3 nitrogen and oxygen atoms in total. The second kappa shape index (κ2) is 6.20. The maximum Gasteiger partial charge on any atom is 0.251 e. The molecule has 19 heavy (non-hydrogen) atoms. The van der Waals surface area contributed by atoms with E-state index in [1.54, 1.807) is 0 Å². The standard InChI is InChI=1S/C16H23NO2/c1-2-13-7-3-4-8-14(13)15(19)17-11-16(12-18)9-5-6-10-16/h3-4,7-8,18H,2,5-6,9-12H2,1H3,(H,17,19). The summed E-state index contributed by atoms with van der Waals surface area (Å²) >= 11 is 0. The minimum Gasteiger partial charge on any atom is -0.396 e. The quantitative estimate of drug-likeness (QED) is 0.855. The third kappa shape index (κ3) is 3.16. The zero-order valence-electron chi connectivity index (χ0n) is 11.6. The minimum atomic E-state index is -0.0865. The van der Waals surface area contributed by atoms with Gasteiger partial charge in [0.15, 0.2) is 0 Å². The highest BCUT2D eigenvalue weighted by atomic mass is 16.3. The highest BCUT2D eigenvalue weighted by molar-refractivity contribution is 5.95. The zero-order valence-corrected chi connectivity index (χ0v) is 11.6. The van der Waals surface area contributed by atoms with Crippen molar-refractivity contribution in [3.8, 4) is 0 Å². The number of carbonyl (C=O) groups is 1. The molecule has 2 rings (SSSR count). The second-order valence-corrected chi connectivity index (χ2v) is 5.56. The van der Waals surface area contributed by atoms with Crippen LogP contribution in [0, 0.1) is 5.41 Å². The summed E-state index contributed by atoms with van der Waals surface area (Å²) in [4.78, 5) is 12.2. The van der Waals surface area contributed by atoms with Gasteiger partial charge in [-0.1, -0.05) is 38.0 Å². The molecule has 1 amide bonds. The Bertz CT molecular complexity index is 436.